The van der Waals surface area contributed by atoms with Crippen LogP contribution in [-0.4, -0.2) is 5.97 Å². The molecule has 0 saturated carbocycles. The number of rotatable bonds is 1. The molecule has 82 valence electrons. The summed E-state index contributed by atoms with van der Waals surface area (Å²) in [5.74, 6) is 0.307. The number of esters is 1. The first kappa shape index (κ1) is 12.0. The molecule has 0 saturated heterocycles. The Balaban J connectivity index is 0.000000181. The predicted octanol–water partition coefficient (Wildman–Crippen LogP) is 3.30. The Kier molecular flexibility index (Phi) is 5.42. The maximum atomic E-state index is 10.4. The van der Waals surface area contributed by atoms with Gasteiger partial charge in [-0.3, -0.25) is 4.79 Å². The molecule has 0 spiro atoms. The molecule has 2 heteroatoms. The van der Waals surface area contributed by atoms with Crippen molar-refractivity contribution in [2.45, 2.75) is 6.92 Å². The van der Waals surface area contributed by atoms with Gasteiger partial charge in [0.1, 0.15) is 5.75 Å². The minimum absolute atomic E-state index is 0.286. The Labute approximate surface area is 95.5 Å². The van der Waals surface area contributed by atoms with Crippen LogP contribution >= 0.6 is 0 Å². The Morgan fingerprint density at radius 1 is 0.812 bits per heavy atom. The highest BCUT2D eigenvalue weighted by Crippen LogP contribution is 2.07. The van der Waals surface area contributed by atoms with Crippen LogP contribution in [0.25, 0.3) is 0 Å². The van der Waals surface area contributed by atoms with Crippen molar-refractivity contribution in [2.24, 2.45) is 0 Å². The van der Waals surface area contributed by atoms with Gasteiger partial charge in [0.05, 0.1) is 0 Å². The summed E-state index contributed by atoms with van der Waals surface area (Å²) in [6, 6.07) is 21.0. The van der Waals surface area contributed by atoms with Crippen molar-refractivity contribution < 1.29 is 9.53 Å². The van der Waals surface area contributed by atoms with Gasteiger partial charge < -0.3 is 4.74 Å². The quantitative estimate of drug-likeness (QED) is 0.537. The van der Waals surface area contributed by atoms with E-state index < -0.39 is 0 Å². The predicted molar refractivity (Wildman–Crippen MR) is 64.2 cm³/mol. The molecule has 0 radical (unpaired) electrons. The summed E-state index contributed by atoms with van der Waals surface area (Å²) in [6.07, 6.45) is 0. The third kappa shape index (κ3) is 5.60. The lowest BCUT2D eigenvalue weighted by atomic mass is 10.3. The van der Waals surface area contributed by atoms with Crippen LogP contribution < -0.4 is 4.74 Å². The number of hydrogen-bond acceptors (Lipinski definition) is 2. The van der Waals surface area contributed by atoms with Gasteiger partial charge in [-0.2, -0.15) is 0 Å². The average Bonchev–Trinajstić information content (AvgIpc) is 2.32. The molecule has 16 heavy (non-hydrogen) atoms. The summed E-state index contributed by atoms with van der Waals surface area (Å²) < 4.78 is 4.78. The highest BCUT2D eigenvalue weighted by Gasteiger charge is 1.92. The molecule has 2 rings (SSSR count). The Morgan fingerprint density at radius 3 is 1.56 bits per heavy atom. The van der Waals surface area contributed by atoms with E-state index in [9.17, 15) is 4.79 Å². The molecule has 0 heterocycles. The topological polar surface area (TPSA) is 26.3 Å². The van der Waals surface area contributed by atoms with Gasteiger partial charge in [-0.05, 0) is 12.1 Å². The van der Waals surface area contributed by atoms with E-state index >= 15 is 0 Å². The molecular weight excluding hydrogens is 200 g/mol. The molecule has 2 aromatic rings. The molecule has 0 atom stereocenters. The van der Waals surface area contributed by atoms with Crippen LogP contribution in [0.1, 0.15) is 6.92 Å². The summed E-state index contributed by atoms with van der Waals surface area (Å²) in [6.45, 7) is 1.38. The van der Waals surface area contributed by atoms with Crippen molar-refractivity contribution in [3.8, 4) is 5.75 Å². The van der Waals surface area contributed by atoms with Crippen LogP contribution in [-0.2, 0) is 4.79 Å². The van der Waals surface area contributed by atoms with Crippen LogP contribution in [0.4, 0.5) is 0 Å². The molecule has 2 nitrogen and oxygen atoms in total. The third-order valence-corrected chi connectivity index (χ3v) is 1.67. The molecular formula is C14H14O2. The SMILES string of the molecule is CC(=O)Oc1ccccc1.c1ccccc1. The van der Waals surface area contributed by atoms with Crippen LogP contribution in [0.5, 0.6) is 5.75 Å². The summed E-state index contributed by atoms with van der Waals surface area (Å²) in [5.41, 5.74) is 0. The van der Waals surface area contributed by atoms with Gasteiger partial charge in [-0.1, -0.05) is 54.6 Å². The third-order valence-electron chi connectivity index (χ3n) is 1.67. The average molecular weight is 214 g/mol. The van der Waals surface area contributed by atoms with Gasteiger partial charge in [-0.15, -0.1) is 0 Å². The fourth-order valence-electron chi connectivity index (χ4n) is 1.04. The largest absolute Gasteiger partial charge is 0.427 e. The molecule has 0 fully saturated rings. The van der Waals surface area contributed by atoms with Crippen molar-refractivity contribution in [3.05, 3.63) is 66.7 Å². The minimum Gasteiger partial charge on any atom is -0.427 e. The van der Waals surface area contributed by atoms with Gasteiger partial charge in [0.25, 0.3) is 0 Å². The summed E-state index contributed by atoms with van der Waals surface area (Å²) in [7, 11) is 0. The minimum atomic E-state index is -0.286. The Hall–Kier alpha value is -2.09. The maximum Gasteiger partial charge on any atom is 0.308 e. The Bertz CT molecular complexity index is 369. The molecule has 0 N–H and O–H groups in total. The fraction of sp³-hybridized carbons (Fsp3) is 0.0714. The zero-order valence-electron chi connectivity index (χ0n) is 9.17. The number of ether oxygens (including phenoxy) is 1. The molecule has 0 bridgehead atoms. The molecule has 0 aliphatic rings. The number of para-hydroxylation sites is 1. The van der Waals surface area contributed by atoms with E-state index in [4.69, 9.17) is 4.74 Å². The molecule has 2 aromatic carbocycles. The van der Waals surface area contributed by atoms with E-state index in [1.54, 1.807) is 12.1 Å². The second kappa shape index (κ2) is 7.23. The lowest BCUT2D eigenvalue weighted by Crippen LogP contribution is -2.00. The zero-order valence-corrected chi connectivity index (χ0v) is 9.17. The van der Waals surface area contributed by atoms with Gasteiger partial charge >= 0.3 is 5.97 Å². The van der Waals surface area contributed by atoms with E-state index in [-0.39, 0.29) is 5.97 Å². The van der Waals surface area contributed by atoms with Crippen LogP contribution in [0.15, 0.2) is 66.7 Å². The van der Waals surface area contributed by atoms with E-state index in [1.807, 2.05) is 54.6 Å². The molecule has 0 amide bonds. The Morgan fingerprint density at radius 2 is 1.19 bits per heavy atom. The number of carbonyl (C=O) groups excluding carboxylic acids is 1. The highest BCUT2D eigenvalue weighted by molar-refractivity contribution is 5.69. The van der Waals surface area contributed by atoms with Crippen LogP contribution in [0.3, 0.4) is 0 Å². The van der Waals surface area contributed by atoms with E-state index in [2.05, 4.69) is 0 Å². The summed E-state index contributed by atoms with van der Waals surface area (Å²) in [4.78, 5) is 10.4. The number of hydrogen-bond donors (Lipinski definition) is 0. The molecule has 0 aliphatic carbocycles. The van der Waals surface area contributed by atoms with Crippen molar-refractivity contribution in [1.29, 1.82) is 0 Å². The lowest BCUT2D eigenvalue weighted by Gasteiger charge is -1.97. The molecule has 0 aliphatic heterocycles. The fourth-order valence-corrected chi connectivity index (χ4v) is 1.04. The second-order valence-corrected chi connectivity index (χ2v) is 3.06. The second-order valence-electron chi connectivity index (χ2n) is 3.06. The first-order valence-corrected chi connectivity index (χ1v) is 5.02. The molecule has 0 aromatic heterocycles. The maximum absolute atomic E-state index is 10.4. The van der Waals surface area contributed by atoms with Gasteiger partial charge in [-0.25, -0.2) is 0 Å². The van der Waals surface area contributed by atoms with Crippen molar-refractivity contribution >= 4 is 5.97 Å². The van der Waals surface area contributed by atoms with Crippen molar-refractivity contribution in [2.75, 3.05) is 0 Å². The van der Waals surface area contributed by atoms with E-state index in [0.29, 0.717) is 5.75 Å². The number of benzene rings is 2. The monoisotopic (exact) mass is 214 g/mol. The summed E-state index contributed by atoms with van der Waals surface area (Å²) >= 11 is 0. The van der Waals surface area contributed by atoms with Crippen LogP contribution in [0, 0.1) is 0 Å². The van der Waals surface area contributed by atoms with Gasteiger partial charge in [0.15, 0.2) is 0 Å². The smallest absolute Gasteiger partial charge is 0.308 e. The van der Waals surface area contributed by atoms with Gasteiger partial charge in [0.2, 0.25) is 0 Å². The number of carbonyl (C=O) groups is 1. The first-order chi connectivity index (χ1) is 7.79. The van der Waals surface area contributed by atoms with Crippen LogP contribution in [0.2, 0.25) is 0 Å². The van der Waals surface area contributed by atoms with E-state index in [1.165, 1.54) is 6.92 Å². The van der Waals surface area contributed by atoms with E-state index in [0.717, 1.165) is 0 Å². The summed E-state index contributed by atoms with van der Waals surface area (Å²) in [5, 5.41) is 0. The lowest BCUT2D eigenvalue weighted by molar-refractivity contribution is -0.131. The first-order valence-electron chi connectivity index (χ1n) is 5.02. The normalized spacial score (nSPS) is 8.56. The zero-order chi connectivity index (χ0) is 11.6. The standard InChI is InChI=1S/C8H8O2.C6H6/c1-7(9)10-8-5-3-2-4-6-8;1-2-4-6-5-3-1/h2-6H,1H3;1-6H. The van der Waals surface area contributed by atoms with Crippen molar-refractivity contribution in [3.63, 3.8) is 0 Å². The molecule has 0 unspecified atom stereocenters. The highest BCUT2D eigenvalue weighted by atomic mass is 16.5. The van der Waals surface area contributed by atoms with Crippen molar-refractivity contribution in [1.82, 2.24) is 0 Å². The van der Waals surface area contributed by atoms with Gasteiger partial charge in [0, 0.05) is 6.92 Å².